The van der Waals surface area contributed by atoms with Crippen LogP contribution in [0.4, 0.5) is 0 Å². The van der Waals surface area contributed by atoms with Gasteiger partial charge in [-0.1, -0.05) is 13.3 Å². The van der Waals surface area contributed by atoms with E-state index in [9.17, 15) is 8.42 Å². The molecule has 1 N–H and O–H groups in total. The topological polar surface area (TPSA) is 46.2 Å². The minimum absolute atomic E-state index is 0.328. The minimum atomic E-state index is -2.81. The summed E-state index contributed by atoms with van der Waals surface area (Å²) in [4.78, 5) is 0. The first kappa shape index (κ1) is 16.3. The highest BCUT2D eigenvalue weighted by atomic mass is 32.2. The molecule has 0 aromatic heterocycles. The zero-order chi connectivity index (χ0) is 13.4. The molecule has 108 valence electrons. The molecule has 0 aromatic rings. The quantitative estimate of drug-likeness (QED) is 0.747. The van der Waals surface area contributed by atoms with Crippen molar-refractivity contribution in [3.05, 3.63) is 0 Å². The van der Waals surface area contributed by atoms with Crippen molar-refractivity contribution in [1.82, 2.24) is 5.32 Å². The second-order valence-corrected chi connectivity index (χ2v) is 8.84. The minimum Gasteiger partial charge on any atom is -0.313 e. The largest absolute Gasteiger partial charge is 0.313 e. The van der Waals surface area contributed by atoms with Crippen molar-refractivity contribution in [3.63, 3.8) is 0 Å². The summed E-state index contributed by atoms with van der Waals surface area (Å²) in [6.45, 7) is 3.22. The van der Waals surface area contributed by atoms with Crippen molar-refractivity contribution < 1.29 is 8.42 Å². The molecule has 0 spiro atoms. The molecule has 0 radical (unpaired) electrons. The second-order valence-electron chi connectivity index (χ2n) is 5.24. The van der Waals surface area contributed by atoms with Gasteiger partial charge in [0.2, 0.25) is 0 Å². The lowest BCUT2D eigenvalue weighted by molar-refractivity contribution is 0.436. The average Bonchev–Trinajstić information content (AvgIpc) is 2.33. The highest BCUT2D eigenvalue weighted by molar-refractivity contribution is 8.00. The normalized spacial score (nSPS) is 22.9. The summed E-state index contributed by atoms with van der Waals surface area (Å²) in [6, 6.07) is 0.497. The first-order chi connectivity index (χ1) is 8.53. The Kier molecular flexibility index (Phi) is 7.64. The Morgan fingerprint density at radius 2 is 2.17 bits per heavy atom. The number of thioether (sulfide) groups is 1. The number of hydrogen-bond acceptors (Lipinski definition) is 4. The van der Waals surface area contributed by atoms with Gasteiger partial charge in [0.05, 0.1) is 0 Å². The van der Waals surface area contributed by atoms with Gasteiger partial charge in [-0.2, -0.15) is 11.8 Å². The van der Waals surface area contributed by atoms with Gasteiger partial charge in [-0.25, -0.2) is 8.42 Å². The standard InChI is InChI=1S/C13H27NO2S2/c1-3-9-14-12(7-6-11-18(2,15)16)13-8-4-5-10-17-13/h12-14H,3-11H2,1-2H3. The molecule has 0 aliphatic carbocycles. The third kappa shape index (κ3) is 7.00. The zero-order valence-electron chi connectivity index (χ0n) is 11.7. The molecule has 1 saturated heterocycles. The van der Waals surface area contributed by atoms with E-state index in [1.165, 1.54) is 31.3 Å². The molecule has 0 amide bonds. The van der Waals surface area contributed by atoms with Crippen molar-refractivity contribution in [3.8, 4) is 0 Å². The monoisotopic (exact) mass is 293 g/mol. The van der Waals surface area contributed by atoms with Crippen LogP contribution in [0.1, 0.15) is 45.4 Å². The molecule has 1 aliphatic rings. The Morgan fingerprint density at radius 1 is 1.39 bits per heavy atom. The van der Waals surface area contributed by atoms with Crippen LogP contribution in [0.2, 0.25) is 0 Å². The number of hydrogen-bond donors (Lipinski definition) is 1. The maximum atomic E-state index is 11.2. The molecule has 0 aromatic carbocycles. The lowest BCUT2D eigenvalue weighted by atomic mass is 10.0. The van der Waals surface area contributed by atoms with Crippen LogP contribution in [0.25, 0.3) is 0 Å². The third-order valence-corrected chi connectivity index (χ3v) is 5.90. The molecule has 2 unspecified atom stereocenters. The van der Waals surface area contributed by atoms with Crippen molar-refractivity contribution in [1.29, 1.82) is 0 Å². The lowest BCUT2D eigenvalue weighted by Crippen LogP contribution is -2.40. The Labute approximate surface area is 116 Å². The van der Waals surface area contributed by atoms with Crippen LogP contribution < -0.4 is 5.32 Å². The van der Waals surface area contributed by atoms with Gasteiger partial charge in [-0.3, -0.25) is 0 Å². The number of rotatable bonds is 8. The van der Waals surface area contributed by atoms with E-state index in [4.69, 9.17) is 0 Å². The average molecular weight is 293 g/mol. The molecular weight excluding hydrogens is 266 g/mol. The van der Waals surface area contributed by atoms with E-state index in [2.05, 4.69) is 24.0 Å². The highest BCUT2D eigenvalue weighted by Gasteiger charge is 2.23. The van der Waals surface area contributed by atoms with Crippen molar-refractivity contribution in [2.75, 3.05) is 24.3 Å². The van der Waals surface area contributed by atoms with E-state index in [-0.39, 0.29) is 0 Å². The molecule has 1 aliphatic heterocycles. The van der Waals surface area contributed by atoms with Gasteiger partial charge in [0, 0.05) is 23.3 Å². The van der Waals surface area contributed by atoms with Gasteiger partial charge in [0.25, 0.3) is 0 Å². The molecule has 0 bridgehead atoms. The lowest BCUT2D eigenvalue weighted by Gasteiger charge is -2.30. The summed E-state index contributed by atoms with van der Waals surface area (Å²) in [6.07, 6.45) is 8.20. The third-order valence-electron chi connectivity index (χ3n) is 3.35. The van der Waals surface area contributed by atoms with Crippen LogP contribution in [0.5, 0.6) is 0 Å². The molecule has 18 heavy (non-hydrogen) atoms. The Balaban J connectivity index is 2.38. The van der Waals surface area contributed by atoms with E-state index in [0.29, 0.717) is 17.0 Å². The summed E-state index contributed by atoms with van der Waals surface area (Å²) in [5, 5.41) is 4.29. The van der Waals surface area contributed by atoms with Gasteiger partial charge in [0.15, 0.2) is 0 Å². The van der Waals surface area contributed by atoms with E-state index in [0.717, 1.165) is 25.8 Å². The smallest absolute Gasteiger partial charge is 0.147 e. The first-order valence-electron chi connectivity index (χ1n) is 7.05. The van der Waals surface area contributed by atoms with E-state index < -0.39 is 9.84 Å². The van der Waals surface area contributed by atoms with Crippen molar-refractivity contribution in [2.45, 2.75) is 56.7 Å². The van der Waals surface area contributed by atoms with Crippen LogP contribution in [-0.4, -0.2) is 44.0 Å². The maximum absolute atomic E-state index is 11.2. The summed E-state index contributed by atoms with van der Waals surface area (Å²) in [5.41, 5.74) is 0. The first-order valence-corrected chi connectivity index (χ1v) is 10.2. The van der Waals surface area contributed by atoms with Crippen LogP contribution >= 0.6 is 11.8 Å². The SMILES string of the molecule is CCCNC(CCCS(C)(=O)=O)C1CCCCS1. The maximum Gasteiger partial charge on any atom is 0.147 e. The fourth-order valence-electron chi connectivity index (χ4n) is 2.40. The van der Waals surface area contributed by atoms with Crippen molar-refractivity contribution >= 4 is 21.6 Å². The fraction of sp³-hybridized carbons (Fsp3) is 1.00. The van der Waals surface area contributed by atoms with E-state index in [1.54, 1.807) is 0 Å². The molecular formula is C13H27NO2S2. The predicted octanol–water partition coefficient (Wildman–Crippen LogP) is 2.47. The number of sulfone groups is 1. The molecule has 5 heteroatoms. The summed E-state index contributed by atoms with van der Waals surface area (Å²) >= 11 is 2.07. The molecule has 1 heterocycles. The van der Waals surface area contributed by atoms with Gasteiger partial charge >= 0.3 is 0 Å². The van der Waals surface area contributed by atoms with Gasteiger partial charge in [-0.05, 0) is 44.4 Å². The van der Waals surface area contributed by atoms with Crippen LogP contribution in [0.15, 0.2) is 0 Å². The molecule has 1 fully saturated rings. The Morgan fingerprint density at radius 3 is 2.72 bits per heavy atom. The summed E-state index contributed by atoms with van der Waals surface area (Å²) < 4.78 is 22.4. The second kappa shape index (κ2) is 8.43. The molecule has 3 nitrogen and oxygen atoms in total. The molecule has 0 saturated carbocycles. The highest BCUT2D eigenvalue weighted by Crippen LogP contribution is 2.29. The van der Waals surface area contributed by atoms with Gasteiger partial charge < -0.3 is 5.32 Å². The van der Waals surface area contributed by atoms with Crippen LogP contribution in [0.3, 0.4) is 0 Å². The van der Waals surface area contributed by atoms with Crippen molar-refractivity contribution in [2.24, 2.45) is 0 Å². The predicted molar refractivity (Wildman–Crippen MR) is 81.1 cm³/mol. The summed E-state index contributed by atoms with van der Waals surface area (Å²) in [7, 11) is -2.81. The molecule has 2 atom stereocenters. The zero-order valence-corrected chi connectivity index (χ0v) is 13.3. The fourth-order valence-corrected chi connectivity index (χ4v) is 4.56. The summed E-state index contributed by atoms with van der Waals surface area (Å²) in [5.74, 6) is 1.59. The van der Waals surface area contributed by atoms with E-state index in [1.807, 2.05) is 0 Å². The molecule has 1 rings (SSSR count). The van der Waals surface area contributed by atoms with Gasteiger partial charge in [0.1, 0.15) is 9.84 Å². The van der Waals surface area contributed by atoms with E-state index >= 15 is 0 Å². The van der Waals surface area contributed by atoms with Gasteiger partial charge in [-0.15, -0.1) is 0 Å². The Bertz CT molecular complexity index is 311. The number of nitrogens with one attached hydrogen (secondary N) is 1. The Hall–Kier alpha value is 0.260. The van der Waals surface area contributed by atoms with Crippen LogP contribution in [-0.2, 0) is 9.84 Å². The van der Waals surface area contributed by atoms with Crippen LogP contribution in [0, 0.1) is 0 Å².